The summed E-state index contributed by atoms with van der Waals surface area (Å²) in [6.07, 6.45) is -5.19. The van der Waals surface area contributed by atoms with Crippen LogP contribution in [-0.4, -0.2) is 89.8 Å². The van der Waals surface area contributed by atoms with Crippen LogP contribution in [0.25, 0.3) is 0 Å². The minimum Gasteiger partial charge on any atom is -0.475 e. The molecule has 1 aliphatic heterocycles. The fraction of sp³-hybridized carbons (Fsp3) is 0.562. The van der Waals surface area contributed by atoms with Crippen LogP contribution in [0.5, 0.6) is 0 Å². The predicted molar refractivity (Wildman–Crippen MR) is 99.4 cm³/mol. The van der Waals surface area contributed by atoms with Gasteiger partial charge in [0.1, 0.15) is 4.88 Å². The first-order valence-corrected chi connectivity index (χ1v) is 9.25. The molecule has 0 spiro atoms. The number of likely N-dealkylation sites (tertiary alicyclic amines) is 1. The van der Waals surface area contributed by atoms with E-state index in [0.29, 0.717) is 30.1 Å². The number of anilines is 1. The van der Waals surface area contributed by atoms with E-state index in [1.54, 1.807) is 25.5 Å². The number of hydrogen-bond donors (Lipinski definition) is 4. The molecule has 1 saturated heterocycles. The number of likely N-dealkylation sites (N-methyl/N-ethyl adjacent to an activating group) is 1. The summed E-state index contributed by atoms with van der Waals surface area (Å²) in [5.74, 6) is -3.01. The van der Waals surface area contributed by atoms with Crippen molar-refractivity contribution in [2.24, 2.45) is 0 Å². The summed E-state index contributed by atoms with van der Waals surface area (Å²) in [6.45, 7) is 1.30. The van der Waals surface area contributed by atoms with Crippen LogP contribution in [-0.2, 0) is 9.59 Å². The third kappa shape index (κ3) is 7.87. The number of carboxylic acids is 1. The topological polar surface area (TPSA) is 136 Å². The van der Waals surface area contributed by atoms with Gasteiger partial charge in [-0.05, 0) is 17.9 Å². The third-order valence-corrected chi connectivity index (χ3v) is 4.91. The number of carboxylic acid groups (broad SMARTS) is 1. The Hall–Kier alpha value is -2.38. The highest BCUT2D eigenvalue weighted by atomic mass is 32.1. The predicted octanol–water partition coefficient (Wildman–Crippen LogP) is 0.217. The van der Waals surface area contributed by atoms with Crippen LogP contribution in [0.3, 0.4) is 0 Å². The molecule has 0 unspecified atom stereocenters. The summed E-state index contributed by atoms with van der Waals surface area (Å²) in [5.41, 5.74) is 6.17. The molecule has 1 fully saturated rings. The Kier molecular flexibility index (Phi) is 8.85. The molecule has 9 nitrogen and oxygen atoms in total. The third-order valence-electron chi connectivity index (χ3n) is 3.98. The zero-order valence-corrected chi connectivity index (χ0v) is 16.6. The van der Waals surface area contributed by atoms with Gasteiger partial charge in [0.15, 0.2) is 0 Å². The molecule has 1 aromatic heterocycles. The van der Waals surface area contributed by atoms with Gasteiger partial charge in [0.2, 0.25) is 5.91 Å². The Labute approximate surface area is 168 Å². The van der Waals surface area contributed by atoms with Crippen molar-refractivity contribution in [3.8, 4) is 0 Å². The van der Waals surface area contributed by atoms with Crippen LogP contribution in [0.2, 0.25) is 0 Å². The monoisotopic (exact) mass is 440 g/mol. The number of halogens is 3. The molecule has 1 aromatic rings. The highest BCUT2D eigenvalue weighted by Gasteiger charge is 2.38. The second kappa shape index (κ2) is 10.4. The van der Waals surface area contributed by atoms with E-state index in [4.69, 9.17) is 15.6 Å². The van der Waals surface area contributed by atoms with Crippen LogP contribution in [0.1, 0.15) is 16.1 Å². The number of alkyl halides is 3. The Morgan fingerprint density at radius 3 is 2.38 bits per heavy atom. The molecule has 2 atom stereocenters. The maximum Gasteiger partial charge on any atom is 0.490 e. The number of aliphatic hydroxyl groups excluding tert-OH is 1. The summed E-state index contributed by atoms with van der Waals surface area (Å²) in [4.78, 5) is 36.6. The van der Waals surface area contributed by atoms with E-state index in [0.717, 1.165) is 0 Å². The maximum atomic E-state index is 12.1. The van der Waals surface area contributed by atoms with Gasteiger partial charge >= 0.3 is 12.1 Å². The number of nitrogen functional groups attached to an aromatic ring is 1. The zero-order valence-electron chi connectivity index (χ0n) is 15.8. The number of amides is 2. The molecule has 5 N–H and O–H groups in total. The molecular formula is C16H23F3N4O5S. The quantitative estimate of drug-likeness (QED) is 0.526. The average Bonchev–Trinajstić information content (AvgIpc) is 3.03. The molecule has 0 aromatic carbocycles. The first-order valence-electron chi connectivity index (χ1n) is 8.37. The molecular weight excluding hydrogens is 417 g/mol. The van der Waals surface area contributed by atoms with Crippen LogP contribution in [0, 0.1) is 0 Å². The first kappa shape index (κ1) is 24.7. The second-order valence-corrected chi connectivity index (χ2v) is 7.38. The smallest absolute Gasteiger partial charge is 0.475 e. The number of β-amino-alcohol motifs (C(OH)–C–C–N with tert-alkyl or cyclic N) is 1. The molecule has 164 valence electrons. The number of carbonyl (C=O) groups excluding carboxylic acids is 2. The molecule has 1 aliphatic rings. The van der Waals surface area contributed by atoms with Gasteiger partial charge in [-0.3, -0.25) is 14.5 Å². The van der Waals surface area contributed by atoms with Gasteiger partial charge in [-0.2, -0.15) is 13.2 Å². The lowest BCUT2D eigenvalue weighted by Gasteiger charge is -2.36. The second-order valence-electron chi connectivity index (χ2n) is 6.47. The van der Waals surface area contributed by atoms with Gasteiger partial charge in [-0.15, -0.1) is 11.3 Å². The minimum absolute atomic E-state index is 0.000967. The number of piperidine rings is 1. The number of carbonyl (C=O) groups is 3. The number of hydrogen-bond acceptors (Lipinski definition) is 7. The summed E-state index contributed by atoms with van der Waals surface area (Å²) in [5, 5.41) is 21.9. The number of thiophene rings is 1. The van der Waals surface area contributed by atoms with Gasteiger partial charge in [-0.25, -0.2) is 4.79 Å². The standard InChI is InChI=1S/C14H22N4O3S.C2HF3O2/c1-17(2)12(20)8-18-5-3-10(11(19)7-18)16-14(21)13-9(15)4-6-22-13;3-2(4,5)1(6)7/h4,6,10-11,19H,3,5,7-8,15H2,1-2H3,(H,16,21);(H,6,7)/t10-,11-;/m1./s1. The Morgan fingerprint density at radius 2 is 1.97 bits per heavy atom. The van der Waals surface area contributed by atoms with Gasteiger partial charge in [-0.1, -0.05) is 0 Å². The summed E-state index contributed by atoms with van der Waals surface area (Å²) >= 11 is 1.28. The van der Waals surface area contributed by atoms with Crippen molar-refractivity contribution in [3.63, 3.8) is 0 Å². The lowest BCUT2D eigenvalue weighted by Crippen LogP contribution is -2.55. The minimum atomic E-state index is -5.08. The van der Waals surface area contributed by atoms with Crippen molar-refractivity contribution in [2.75, 3.05) is 39.5 Å². The molecule has 2 rings (SSSR count). The summed E-state index contributed by atoms with van der Waals surface area (Å²) < 4.78 is 31.7. The summed E-state index contributed by atoms with van der Waals surface area (Å²) in [6, 6.07) is 1.37. The van der Waals surface area contributed by atoms with Gasteiger partial charge in [0.05, 0.1) is 24.4 Å². The average molecular weight is 440 g/mol. The largest absolute Gasteiger partial charge is 0.490 e. The van der Waals surface area contributed by atoms with Crippen molar-refractivity contribution in [2.45, 2.75) is 24.7 Å². The van der Waals surface area contributed by atoms with E-state index in [-0.39, 0.29) is 24.4 Å². The SMILES string of the molecule is CN(C)C(=O)CN1CC[C@@H](NC(=O)c2sccc2N)[C@H](O)C1.O=C(O)C(F)(F)F. The van der Waals surface area contributed by atoms with E-state index in [1.807, 2.05) is 4.90 Å². The first-order chi connectivity index (χ1) is 13.3. The molecule has 0 bridgehead atoms. The highest BCUT2D eigenvalue weighted by molar-refractivity contribution is 7.12. The maximum absolute atomic E-state index is 12.1. The Bertz CT molecular complexity index is 726. The van der Waals surface area contributed by atoms with Gasteiger partial charge in [0, 0.05) is 27.2 Å². The van der Waals surface area contributed by atoms with E-state index in [1.165, 1.54) is 16.2 Å². The van der Waals surface area contributed by atoms with Crippen molar-refractivity contribution in [1.82, 2.24) is 15.1 Å². The Balaban J connectivity index is 0.000000516. The lowest BCUT2D eigenvalue weighted by atomic mass is 10.0. The number of nitrogens with one attached hydrogen (secondary N) is 1. The number of nitrogens with zero attached hydrogens (tertiary/aromatic N) is 2. The van der Waals surface area contributed by atoms with Crippen LogP contribution in [0.15, 0.2) is 11.4 Å². The highest BCUT2D eigenvalue weighted by Crippen LogP contribution is 2.20. The van der Waals surface area contributed by atoms with Crippen LogP contribution < -0.4 is 11.1 Å². The van der Waals surface area contributed by atoms with Crippen LogP contribution >= 0.6 is 11.3 Å². The van der Waals surface area contributed by atoms with Crippen molar-refractivity contribution in [1.29, 1.82) is 0 Å². The molecule has 0 saturated carbocycles. The fourth-order valence-corrected chi connectivity index (χ4v) is 3.10. The van der Waals surface area contributed by atoms with Gasteiger partial charge in [0.25, 0.3) is 5.91 Å². The summed E-state index contributed by atoms with van der Waals surface area (Å²) in [7, 11) is 3.41. The van der Waals surface area contributed by atoms with E-state index in [9.17, 15) is 27.9 Å². The van der Waals surface area contributed by atoms with Crippen LogP contribution in [0.4, 0.5) is 18.9 Å². The normalized spacial score (nSPS) is 19.7. The van der Waals surface area contributed by atoms with E-state index in [2.05, 4.69) is 5.32 Å². The van der Waals surface area contributed by atoms with Crippen molar-refractivity contribution in [3.05, 3.63) is 16.3 Å². The van der Waals surface area contributed by atoms with Crippen molar-refractivity contribution >= 4 is 34.8 Å². The fourth-order valence-electron chi connectivity index (χ4n) is 2.38. The van der Waals surface area contributed by atoms with E-state index >= 15 is 0 Å². The number of nitrogens with two attached hydrogens (primary N) is 1. The molecule has 0 radical (unpaired) electrons. The number of rotatable bonds is 4. The molecule has 2 heterocycles. The molecule has 0 aliphatic carbocycles. The number of aliphatic carboxylic acids is 1. The molecule has 29 heavy (non-hydrogen) atoms. The number of aliphatic hydroxyl groups is 1. The van der Waals surface area contributed by atoms with Crippen molar-refractivity contribution < 1.29 is 37.8 Å². The lowest BCUT2D eigenvalue weighted by molar-refractivity contribution is -0.192. The molecule has 13 heteroatoms. The Morgan fingerprint density at radius 1 is 1.38 bits per heavy atom. The zero-order chi connectivity index (χ0) is 22.4. The van der Waals surface area contributed by atoms with E-state index < -0.39 is 18.2 Å². The van der Waals surface area contributed by atoms with Gasteiger partial charge < -0.3 is 26.2 Å². The molecule has 2 amide bonds.